The monoisotopic (exact) mass is 205 g/mol. The molecule has 1 aliphatic rings. The van der Waals surface area contributed by atoms with Gasteiger partial charge < -0.3 is 5.32 Å². The smallest absolute Gasteiger partial charge is 0.136 e. The van der Waals surface area contributed by atoms with Crippen molar-refractivity contribution >= 4 is 12.2 Å². The zero-order valence-corrected chi connectivity index (χ0v) is 9.91. The highest BCUT2D eigenvalue weighted by atomic mass is 15.0. The van der Waals surface area contributed by atoms with E-state index in [1.54, 1.807) is 6.34 Å². The van der Waals surface area contributed by atoms with E-state index >= 15 is 0 Å². The van der Waals surface area contributed by atoms with Crippen molar-refractivity contribution in [1.82, 2.24) is 4.98 Å². The first-order chi connectivity index (χ1) is 7.29. The topological polar surface area (TPSA) is 37.3 Å². The summed E-state index contributed by atoms with van der Waals surface area (Å²) >= 11 is 0. The van der Waals surface area contributed by atoms with E-state index in [0.717, 1.165) is 12.4 Å². The number of rotatable bonds is 1. The van der Waals surface area contributed by atoms with Gasteiger partial charge in [0.1, 0.15) is 5.82 Å². The molecule has 0 aliphatic carbocycles. The fourth-order valence-corrected chi connectivity index (χ4v) is 1.58. The molecule has 0 spiro atoms. The fraction of sp³-hybridized carbons (Fsp3) is 0.500. The molecule has 3 nitrogen and oxygen atoms in total. The van der Waals surface area contributed by atoms with Crippen LogP contribution >= 0.6 is 0 Å². The number of aliphatic imine (C=N–C) groups is 1. The highest BCUT2D eigenvalue weighted by Gasteiger charge is 2.13. The van der Waals surface area contributed by atoms with E-state index in [4.69, 9.17) is 0 Å². The summed E-state index contributed by atoms with van der Waals surface area (Å²) in [5, 5.41) is 3.06. The maximum absolute atomic E-state index is 4.26. The Morgan fingerprint density at radius 3 is 2.73 bits per heavy atom. The fourth-order valence-electron chi connectivity index (χ4n) is 1.58. The summed E-state index contributed by atoms with van der Waals surface area (Å²) < 4.78 is 0. The Balaban J connectivity index is 0.000000531. The van der Waals surface area contributed by atoms with Crippen LogP contribution in [0.5, 0.6) is 0 Å². The van der Waals surface area contributed by atoms with Crippen molar-refractivity contribution in [2.75, 3.05) is 5.32 Å². The van der Waals surface area contributed by atoms with Gasteiger partial charge >= 0.3 is 0 Å². The molecular formula is C12H19N3. The van der Waals surface area contributed by atoms with Crippen LogP contribution in [0.15, 0.2) is 17.3 Å². The molecule has 0 aromatic carbocycles. The van der Waals surface area contributed by atoms with E-state index in [-0.39, 0.29) is 0 Å². The van der Waals surface area contributed by atoms with Crippen molar-refractivity contribution < 1.29 is 0 Å². The minimum atomic E-state index is 0.534. The Morgan fingerprint density at radius 2 is 2.07 bits per heavy atom. The van der Waals surface area contributed by atoms with Gasteiger partial charge in [0.05, 0.1) is 12.9 Å². The normalized spacial score (nSPS) is 12.6. The molecule has 1 aromatic heterocycles. The number of fused-ring (bicyclic) bond motifs is 1. The molecule has 0 unspecified atom stereocenters. The van der Waals surface area contributed by atoms with Crippen molar-refractivity contribution in [1.29, 1.82) is 0 Å². The lowest BCUT2D eigenvalue weighted by molar-refractivity contribution is 0.833. The predicted octanol–water partition coefficient (Wildman–Crippen LogP) is 3.19. The van der Waals surface area contributed by atoms with Crippen LogP contribution in [0.3, 0.4) is 0 Å². The Morgan fingerprint density at radius 1 is 1.33 bits per heavy atom. The number of anilines is 1. The van der Waals surface area contributed by atoms with Crippen LogP contribution in [0.25, 0.3) is 0 Å². The Labute approximate surface area is 91.7 Å². The van der Waals surface area contributed by atoms with Gasteiger partial charge in [-0.1, -0.05) is 27.7 Å². The molecule has 1 aromatic rings. The summed E-state index contributed by atoms with van der Waals surface area (Å²) in [6, 6.07) is 2.08. The third-order valence-corrected chi connectivity index (χ3v) is 2.26. The average molecular weight is 205 g/mol. The van der Waals surface area contributed by atoms with Gasteiger partial charge in [0, 0.05) is 11.8 Å². The average Bonchev–Trinajstić information content (AvgIpc) is 2.31. The van der Waals surface area contributed by atoms with Crippen LogP contribution in [-0.4, -0.2) is 11.3 Å². The molecule has 82 valence electrons. The molecule has 0 radical (unpaired) electrons. The van der Waals surface area contributed by atoms with Crippen molar-refractivity contribution in [2.45, 2.75) is 40.2 Å². The van der Waals surface area contributed by atoms with Crippen LogP contribution in [0, 0.1) is 0 Å². The number of aromatic nitrogens is 1. The Bertz CT molecular complexity index is 343. The maximum Gasteiger partial charge on any atom is 0.136 e. The van der Waals surface area contributed by atoms with Gasteiger partial charge in [-0.25, -0.2) is 4.98 Å². The van der Waals surface area contributed by atoms with Crippen molar-refractivity contribution in [3.63, 3.8) is 0 Å². The van der Waals surface area contributed by atoms with Gasteiger partial charge in [0.15, 0.2) is 0 Å². The van der Waals surface area contributed by atoms with E-state index < -0.39 is 0 Å². The zero-order chi connectivity index (χ0) is 11.3. The van der Waals surface area contributed by atoms with Crippen LogP contribution in [-0.2, 0) is 6.54 Å². The minimum Gasteiger partial charge on any atom is -0.331 e. The quantitative estimate of drug-likeness (QED) is 0.764. The Hall–Kier alpha value is -1.38. The van der Waals surface area contributed by atoms with Crippen LogP contribution < -0.4 is 5.32 Å². The van der Waals surface area contributed by atoms with Crippen LogP contribution in [0.1, 0.15) is 44.7 Å². The second-order valence-corrected chi connectivity index (χ2v) is 3.50. The number of nitrogens with zero attached hydrogens (tertiary/aromatic N) is 2. The summed E-state index contributed by atoms with van der Waals surface area (Å²) in [5.74, 6) is 1.49. The lowest BCUT2D eigenvalue weighted by Crippen LogP contribution is -2.10. The van der Waals surface area contributed by atoms with Gasteiger partial charge in [-0.3, -0.25) is 4.99 Å². The zero-order valence-electron chi connectivity index (χ0n) is 9.91. The summed E-state index contributed by atoms with van der Waals surface area (Å²) in [6.45, 7) is 9.13. The van der Waals surface area contributed by atoms with E-state index in [9.17, 15) is 0 Å². The number of nitrogens with one attached hydrogen (secondary N) is 1. The van der Waals surface area contributed by atoms with Crippen molar-refractivity contribution in [3.05, 3.63) is 23.4 Å². The first kappa shape index (κ1) is 11.7. The minimum absolute atomic E-state index is 0.534. The molecule has 0 bridgehead atoms. The number of hydrogen-bond donors (Lipinski definition) is 1. The van der Waals surface area contributed by atoms with E-state index in [1.165, 1.54) is 11.1 Å². The van der Waals surface area contributed by atoms with Crippen LogP contribution in [0.4, 0.5) is 5.82 Å². The van der Waals surface area contributed by atoms with Crippen molar-refractivity contribution in [3.8, 4) is 0 Å². The summed E-state index contributed by atoms with van der Waals surface area (Å²) in [5.41, 5.74) is 2.58. The molecule has 0 amide bonds. The van der Waals surface area contributed by atoms with Gasteiger partial charge in [-0.2, -0.15) is 0 Å². The predicted molar refractivity (Wildman–Crippen MR) is 65.5 cm³/mol. The van der Waals surface area contributed by atoms with E-state index in [1.807, 2.05) is 20.0 Å². The molecule has 3 heteroatoms. The molecule has 1 aliphatic heterocycles. The summed E-state index contributed by atoms with van der Waals surface area (Å²) in [4.78, 5) is 8.45. The largest absolute Gasteiger partial charge is 0.331 e. The SMILES string of the molecule is CC.CC(C)c1ccnc2c1CN=CN2. The standard InChI is InChI=1S/C10H13N3.C2H6/c1-7(2)8-3-4-12-10-9(8)5-11-6-13-10;1-2/h3-4,6-7H,5H2,1-2H3,(H,11,12,13);1-2H3. The first-order valence-electron chi connectivity index (χ1n) is 5.51. The first-order valence-corrected chi connectivity index (χ1v) is 5.51. The molecule has 0 fully saturated rings. The van der Waals surface area contributed by atoms with Crippen LogP contribution in [0.2, 0.25) is 0 Å². The van der Waals surface area contributed by atoms with E-state index in [0.29, 0.717) is 5.92 Å². The lowest BCUT2D eigenvalue weighted by Gasteiger charge is -2.17. The number of pyridine rings is 1. The molecule has 2 heterocycles. The van der Waals surface area contributed by atoms with Gasteiger partial charge in [-0.15, -0.1) is 0 Å². The second-order valence-electron chi connectivity index (χ2n) is 3.50. The molecule has 2 rings (SSSR count). The molecular weight excluding hydrogens is 186 g/mol. The molecule has 1 N–H and O–H groups in total. The van der Waals surface area contributed by atoms with E-state index in [2.05, 4.69) is 35.2 Å². The molecule has 0 saturated heterocycles. The highest BCUT2D eigenvalue weighted by Crippen LogP contribution is 2.26. The molecule has 0 saturated carbocycles. The second kappa shape index (κ2) is 5.49. The third-order valence-electron chi connectivity index (χ3n) is 2.26. The van der Waals surface area contributed by atoms with Gasteiger partial charge in [0.25, 0.3) is 0 Å². The summed E-state index contributed by atoms with van der Waals surface area (Å²) in [6.07, 6.45) is 3.56. The molecule has 15 heavy (non-hydrogen) atoms. The molecule has 0 atom stereocenters. The lowest BCUT2D eigenvalue weighted by atomic mass is 9.98. The van der Waals surface area contributed by atoms with Gasteiger partial charge in [-0.05, 0) is 17.5 Å². The van der Waals surface area contributed by atoms with Gasteiger partial charge in [0.2, 0.25) is 0 Å². The third kappa shape index (κ3) is 2.55. The summed E-state index contributed by atoms with van der Waals surface area (Å²) in [7, 11) is 0. The Kier molecular flexibility index (Phi) is 4.28. The number of hydrogen-bond acceptors (Lipinski definition) is 3. The van der Waals surface area contributed by atoms with Crippen molar-refractivity contribution in [2.24, 2.45) is 4.99 Å². The highest BCUT2D eigenvalue weighted by molar-refractivity contribution is 5.78. The maximum atomic E-state index is 4.26.